The largest absolute Gasteiger partial charge is 0.429 e. The lowest BCUT2D eigenvalue weighted by Crippen LogP contribution is -2.14. The molecule has 0 aliphatic carbocycles. The summed E-state index contributed by atoms with van der Waals surface area (Å²) in [7, 11) is 0. The predicted molar refractivity (Wildman–Crippen MR) is 37.2 cm³/mol. The Morgan fingerprint density at radius 2 is 2.20 bits per heavy atom. The number of halogens is 3. The summed E-state index contributed by atoms with van der Waals surface area (Å²) >= 11 is 0. The number of alkyl halides is 3. The molecule has 0 aliphatic heterocycles. The topological polar surface area (TPSA) is 81.0 Å². The van der Waals surface area contributed by atoms with Crippen molar-refractivity contribution in [1.29, 1.82) is 5.26 Å². The smallest absolute Gasteiger partial charge is 0.258 e. The summed E-state index contributed by atoms with van der Waals surface area (Å²) in [5, 5.41) is 18.5. The molecule has 1 rings (SSSR count). The summed E-state index contributed by atoms with van der Waals surface area (Å²) in [6.07, 6.45) is -3.12. The molecule has 0 saturated carbocycles. The van der Waals surface area contributed by atoms with Gasteiger partial charge in [0.1, 0.15) is 0 Å². The Kier molecular flexibility index (Phi) is 2.45. The number of nitrogens with zero attached hydrogens (tertiary/aromatic N) is 3. The maximum atomic E-state index is 12.3. The molecule has 5 nitrogen and oxygen atoms in total. The van der Waals surface area contributed by atoms with E-state index in [0.717, 1.165) is 0 Å². The number of rotatable bonds is 1. The number of aromatic nitrogens is 1. The quantitative estimate of drug-likeness (QED) is 0.515. The molecule has 1 aromatic heterocycles. The van der Waals surface area contributed by atoms with Crippen molar-refractivity contribution in [3.63, 3.8) is 0 Å². The van der Waals surface area contributed by atoms with Crippen LogP contribution in [0.25, 0.3) is 0 Å². The summed E-state index contributed by atoms with van der Waals surface area (Å²) in [5.74, 6) is 0. The van der Waals surface area contributed by atoms with Crippen LogP contribution in [0.5, 0.6) is 0 Å². The van der Waals surface area contributed by atoms with Crippen molar-refractivity contribution in [1.82, 2.24) is 0 Å². The summed E-state index contributed by atoms with van der Waals surface area (Å²) in [6, 6.07) is 1.41. The molecule has 0 aromatic carbocycles. The van der Waals surface area contributed by atoms with E-state index < -0.39 is 28.0 Å². The van der Waals surface area contributed by atoms with E-state index in [1.54, 1.807) is 6.20 Å². The molecule has 0 spiro atoms. The van der Waals surface area contributed by atoms with Crippen LogP contribution in [0.15, 0.2) is 6.07 Å². The Bertz CT molecular complexity index is 450. The van der Waals surface area contributed by atoms with E-state index in [0.29, 0.717) is 0 Å². The van der Waals surface area contributed by atoms with Crippen LogP contribution in [-0.4, -0.2) is 4.92 Å². The highest BCUT2D eigenvalue weighted by atomic mass is 19.4. The zero-order chi connectivity index (χ0) is 11.6. The summed E-state index contributed by atoms with van der Waals surface area (Å²) in [5.41, 5.74) is -3.30. The SMILES string of the molecule is N#Cc1[n+]#cc([N+](=O)[O-])cc1C(F)(F)F. The van der Waals surface area contributed by atoms with E-state index in [4.69, 9.17) is 5.26 Å². The average Bonchev–Trinajstić information content (AvgIpc) is 2.15. The number of nitriles is 1. The monoisotopic (exact) mass is 216 g/mol. The van der Waals surface area contributed by atoms with Gasteiger partial charge in [-0.2, -0.15) is 18.4 Å². The summed E-state index contributed by atoms with van der Waals surface area (Å²) in [4.78, 5) is 12.0. The van der Waals surface area contributed by atoms with E-state index in [2.05, 4.69) is 4.98 Å². The highest BCUT2D eigenvalue weighted by Crippen LogP contribution is 2.31. The van der Waals surface area contributed by atoms with Crippen LogP contribution in [0.1, 0.15) is 11.3 Å². The van der Waals surface area contributed by atoms with Crippen molar-refractivity contribution in [3.8, 4) is 6.07 Å². The molecule has 0 radical (unpaired) electrons. The van der Waals surface area contributed by atoms with E-state index in [9.17, 15) is 23.3 Å². The molecular weight excluding hydrogens is 215 g/mol. The van der Waals surface area contributed by atoms with Gasteiger partial charge >= 0.3 is 23.8 Å². The first-order valence-electron chi connectivity index (χ1n) is 3.40. The lowest BCUT2D eigenvalue weighted by molar-refractivity contribution is -0.394. The minimum Gasteiger partial charge on any atom is -0.258 e. The first-order chi connectivity index (χ1) is 6.86. The van der Waals surface area contributed by atoms with Crippen molar-refractivity contribution >= 4 is 5.69 Å². The van der Waals surface area contributed by atoms with Crippen molar-refractivity contribution in [2.75, 3.05) is 0 Å². The van der Waals surface area contributed by atoms with Gasteiger partial charge in [-0.15, -0.1) is 0 Å². The van der Waals surface area contributed by atoms with Crippen molar-refractivity contribution in [3.05, 3.63) is 33.6 Å². The molecule has 15 heavy (non-hydrogen) atoms. The second-order valence-electron chi connectivity index (χ2n) is 2.38. The third kappa shape index (κ3) is 2.11. The molecule has 0 N–H and O–H groups in total. The number of hydrogen-bond acceptors (Lipinski definition) is 3. The molecule has 0 bridgehead atoms. The fraction of sp³-hybridized carbons (Fsp3) is 0.143. The van der Waals surface area contributed by atoms with Gasteiger partial charge in [-0.25, -0.2) is 0 Å². The Morgan fingerprint density at radius 1 is 1.60 bits per heavy atom. The number of nitro groups is 1. The fourth-order valence-corrected chi connectivity index (χ4v) is 0.806. The van der Waals surface area contributed by atoms with Gasteiger partial charge in [-0.05, 0) is 4.98 Å². The molecule has 0 unspecified atom stereocenters. The van der Waals surface area contributed by atoms with Gasteiger partial charge in [0.25, 0.3) is 0 Å². The van der Waals surface area contributed by atoms with Crippen LogP contribution in [0.2, 0.25) is 0 Å². The van der Waals surface area contributed by atoms with E-state index in [1.807, 2.05) is 0 Å². The van der Waals surface area contributed by atoms with Crippen LogP contribution in [0, 0.1) is 27.6 Å². The van der Waals surface area contributed by atoms with Gasteiger partial charge in [0.15, 0.2) is 11.6 Å². The van der Waals surface area contributed by atoms with Crippen LogP contribution in [0.4, 0.5) is 18.9 Å². The second kappa shape index (κ2) is 3.42. The molecular formula is C7HF3N3O2+. The Labute approximate surface area is 80.9 Å². The molecule has 1 aromatic rings. The summed E-state index contributed by atoms with van der Waals surface area (Å²) < 4.78 is 36.8. The van der Waals surface area contributed by atoms with E-state index in [1.165, 1.54) is 6.07 Å². The Morgan fingerprint density at radius 3 is 2.60 bits per heavy atom. The van der Waals surface area contributed by atoms with Crippen molar-refractivity contribution < 1.29 is 23.1 Å². The van der Waals surface area contributed by atoms with Gasteiger partial charge in [0, 0.05) is 0 Å². The van der Waals surface area contributed by atoms with Crippen molar-refractivity contribution in [2.45, 2.75) is 6.18 Å². The third-order valence-electron chi connectivity index (χ3n) is 1.43. The predicted octanol–water partition coefficient (Wildman–Crippen LogP) is 0.885. The Balaban J connectivity index is 3.40. The van der Waals surface area contributed by atoms with Crippen LogP contribution >= 0.6 is 0 Å². The number of hydrogen-bond donors (Lipinski definition) is 0. The van der Waals surface area contributed by atoms with E-state index in [-0.39, 0.29) is 6.07 Å². The molecule has 76 valence electrons. The normalized spacial score (nSPS) is 10.3. The van der Waals surface area contributed by atoms with Crippen LogP contribution < -0.4 is 4.98 Å². The highest BCUT2D eigenvalue weighted by molar-refractivity contribution is 5.35. The first-order valence-corrected chi connectivity index (χ1v) is 3.40. The highest BCUT2D eigenvalue weighted by Gasteiger charge is 2.41. The van der Waals surface area contributed by atoms with Crippen LogP contribution in [-0.2, 0) is 6.18 Å². The molecule has 0 saturated heterocycles. The van der Waals surface area contributed by atoms with Gasteiger partial charge in [-0.3, -0.25) is 10.1 Å². The molecule has 1 heterocycles. The standard InChI is InChI=1S/C7HF3N3O2/c8-7(9,10)5-1-4(13(14)15)3-12-6(5)2-11/h1H/q+1. The fourth-order valence-electron chi connectivity index (χ4n) is 0.806. The maximum Gasteiger partial charge on any atom is 0.429 e. The first kappa shape index (κ1) is 10.7. The molecule has 0 atom stereocenters. The molecule has 0 aliphatic rings. The van der Waals surface area contributed by atoms with Gasteiger partial charge in [-0.1, -0.05) is 0 Å². The molecule has 0 fully saturated rings. The van der Waals surface area contributed by atoms with Gasteiger partial charge in [0.05, 0.1) is 11.0 Å². The Hall–Kier alpha value is -2.35. The minimum absolute atomic E-state index is 0.228. The van der Waals surface area contributed by atoms with Gasteiger partial charge < -0.3 is 0 Å². The minimum atomic E-state index is -4.85. The van der Waals surface area contributed by atoms with Crippen LogP contribution in [0.3, 0.4) is 0 Å². The third-order valence-corrected chi connectivity index (χ3v) is 1.43. The van der Waals surface area contributed by atoms with Gasteiger partial charge in [0.2, 0.25) is 0 Å². The average molecular weight is 216 g/mol. The zero-order valence-electron chi connectivity index (χ0n) is 6.87. The zero-order valence-corrected chi connectivity index (χ0v) is 6.87. The summed E-state index contributed by atoms with van der Waals surface area (Å²) in [6.45, 7) is 0. The molecule has 8 heteroatoms. The molecule has 0 amide bonds. The lowest BCUT2D eigenvalue weighted by Gasteiger charge is -2.00. The lowest BCUT2D eigenvalue weighted by atomic mass is 10.2. The van der Waals surface area contributed by atoms with Crippen molar-refractivity contribution in [2.24, 2.45) is 0 Å². The van der Waals surface area contributed by atoms with E-state index >= 15 is 0 Å². The second-order valence-corrected chi connectivity index (χ2v) is 2.38. The maximum absolute atomic E-state index is 12.3.